The Labute approximate surface area is 90.1 Å². The van der Waals surface area contributed by atoms with Gasteiger partial charge in [0.15, 0.2) is 0 Å². The van der Waals surface area contributed by atoms with E-state index in [1.807, 2.05) is 0 Å². The standard InChI is InChI=1S/C11H19N3O/c1-9(2)5-3-4-6-12-10-7-11(15)14-8-13-10/h7-9H,3-6H2,1-2H3,(H2,12,13,14,15). The van der Waals surface area contributed by atoms with Gasteiger partial charge in [0.05, 0.1) is 6.33 Å². The maximum absolute atomic E-state index is 10.9. The second-order valence-corrected chi connectivity index (χ2v) is 4.11. The van der Waals surface area contributed by atoms with E-state index in [1.165, 1.54) is 25.2 Å². The number of unbranched alkanes of at least 4 members (excludes halogenated alkanes) is 1. The summed E-state index contributed by atoms with van der Waals surface area (Å²) >= 11 is 0. The summed E-state index contributed by atoms with van der Waals surface area (Å²) in [6.45, 7) is 5.33. The van der Waals surface area contributed by atoms with E-state index in [-0.39, 0.29) is 5.56 Å². The number of nitrogens with one attached hydrogen (secondary N) is 2. The Hall–Kier alpha value is -1.32. The molecule has 4 nitrogen and oxygen atoms in total. The number of nitrogens with zero attached hydrogens (tertiary/aromatic N) is 1. The predicted molar refractivity (Wildman–Crippen MR) is 62.0 cm³/mol. The van der Waals surface area contributed by atoms with Gasteiger partial charge in [-0.1, -0.05) is 26.7 Å². The van der Waals surface area contributed by atoms with Gasteiger partial charge in [-0.2, -0.15) is 0 Å². The molecule has 0 aliphatic carbocycles. The number of rotatable bonds is 6. The highest BCUT2D eigenvalue weighted by atomic mass is 16.1. The normalized spacial score (nSPS) is 10.6. The fraction of sp³-hybridized carbons (Fsp3) is 0.636. The van der Waals surface area contributed by atoms with Gasteiger partial charge in [0.1, 0.15) is 5.82 Å². The molecule has 1 aromatic heterocycles. The van der Waals surface area contributed by atoms with Crippen LogP contribution in [0.15, 0.2) is 17.2 Å². The maximum atomic E-state index is 10.9. The fourth-order valence-electron chi connectivity index (χ4n) is 1.36. The van der Waals surface area contributed by atoms with Gasteiger partial charge in [-0.25, -0.2) is 4.98 Å². The second kappa shape index (κ2) is 6.22. The molecule has 4 heteroatoms. The van der Waals surface area contributed by atoms with E-state index >= 15 is 0 Å². The van der Waals surface area contributed by atoms with Gasteiger partial charge in [-0.15, -0.1) is 0 Å². The van der Waals surface area contributed by atoms with Crippen LogP contribution >= 0.6 is 0 Å². The Morgan fingerprint density at radius 1 is 1.47 bits per heavy atom. The Balaban J connectivity index is 2.18. The molecule has 0 spiro atoms. The summed E-state index contributed by atoms with van der Waals surface area (Å²) in [5, 5.41) is 3.13. The Morgan fingerprint density at radius 3 is 2.93 bits per heavy atom. The van der Waals surface area contributed by atoms with Gasteiger partial charge in [0, 0.05) is 12.6 Å². The van der Waals surface area contributed by atoms with Gasteiger partial charge in [-0.3, -0.25) is 4.79 Å². The summed E-state index contributed by atoms with van der Waals surface area (Å²) in [6, 6.07) is 1.47. The number of aromatic nitrogens is 2. The lowest BCUT2D eigenvalue weighted by Crippen LogP contribution is -2.10. The monoisotopic (exact) mass is 209 g/mol. The largest absolute Gasteiger partial charge is 0.370 e. The third-order valence-corrected chi connectivity index (χ3v) is 2.19. The van der Waals surface area contributed by atoms with E-state index in [4.69, 9.17) is 0 Å². The first-order chi connectivity index (χ1) is 7.18. The fourth-order valence-corrected chi connectivity index (χ4v) is 1.36. The molecule has 0 bridgehead atoms. The number of aromatic amines is 1. The second-order valence-electron chi connectivity index (χ2n) is 4.11. The lowest BCUT2D eigenvalue weighted by molar-refractivity contribution is 0.544. The number of hydrogen-bond acceptors (Lipinski definition) is 3. The first-order valence-electron chi connectivity index (χ1n) is 5.47. The Morgan fingerprint density at radius 2 is 2.27 bits per heavy atom. The summed E-state index contributed by atoms with van der Waals surface area (Å²) < 4.78 is 0. The van der Waals surface area contributed by atoms with Crippen molar-refractivity contribution in [1.29, 1.82) is 0 Å². The average molecular weight is 209 g/mol. The van der Waals surface area contributed by atoms with E-state index in [0.717, 1.165) is 18.9 Å². The highest BCUT2D eigenvalue weighted by molar-refractivity contribution is 5.31. The topological polar surface area (TPSA) is 57.8 Å². The molecule has 0 saturated heterocycles. The minimum absolute atomic E-state index is 0.116. The Kier molecular flexibility index (Phi) is 4.87. The molecule has 0 aromatic carbocycles. The average Bonchev–Trinajstić information content (AvgIpc) is 2.17. The molecule has 0 atom stereocenters. The summed E-state index contributed by atoms with van der Waals surface area (Å²) in [6.07, 6.45) is 5.00. The molecule has 0 unspecified atom stereocenters. The lowest BCUT2D eigenvalue weighted by atomic mass is 10.1. The zero-order valence-electron chi connectivity index (χ0n) is 9.42. The van der Waals surface area contributed by atoms with E-state index in [0.29, 0.717) is 5.82 Å². The van der Waals surface area contributed by atoms with Crippen LogP contribution < -0.4 is 10.9 Å². The molecule has 2 N–H and O–H groups in total. The van der Waals surface area contributed by atoms with E-state index in [2.05, 4.69) is 29.1 Å². The molecule has 1 aromatic rings. The molecule has 0 saturated carbocycles. The van der Waals surface area contributed by atoms with E-state index in [9.17, 15) is 4.79 Å². The van der Waals surface area contributed by atoms with Crippen molar-refractivity contribution >= 4 is 5.82 Å². The van der Waals surface area contributed by atoms with Crippen LogP contribution in [0.4, 0.5) is 5.82 Å². The van der Waals surface area contributed by atoms with Crippen LogP contribution in [-0.4, -0.2) is 16.5 Å². The third-order valence-electron chi connectivity index (χ3n) is 2.19. The van der Waals surface area contributed by atoms with Gasteiger partial charge < -0.3 is 10.3 Å². The van der Waals surface area contributed by atoms with Crippen LogP contribution in [0.25, 0.3) is 0 Å². The summed E-state index contributed by atoms with van der Waals surface area (Å²) in [5.41, 5.74) is -0.116. The highest BCUT2D eigenvalue weighted by Crippen LogP contribution is 2.06. The predicted octanol–water partition coefficient (Wildman–Crippen LogP) is 2.01. The maximum Gasteiger partial charge on any atom is 0.252 e. The lowest BCUT2D eigenvalue weighted by Gasteiger charge is -2.06. The molecule has 15 heavy (non-hydrogen) atoms. The summed E-state index contributed by atoms with van der Waals surface area (Å²) in [4.78, 5) is 17.4. The minimum atomic E-state index is -0.116. The van der Waals surface area contributed by atoms with Gasteiger partial charge in [0.25, 0.3) is 5.56 Å². The zero-order valence-corrected chi connectivity index (χ0v) is 9.42. The number of anilines is 1. The zero-order chi connectivity index (χ0) is 11.1. The molecular formula is C11H19N3O. The quantitative estimate of drug-likeness (QED) is 0.705. The Bertz CT molecular complexity index is 333. The first kappa shape index (κ1) is 11.8. The van der Waals surface area contributed by atoms with E-state index in [1.54, 1.807) is 0 Å². The molecule has 84 valence electrons. The van der Waals surface area contributed by atoms with Crippen LogP contribution in [-0.2, 0) is 0 Å². The van der Waals surface area contributed by atoms with Crippen molar-refractivity contribution in [3.8, 4) is 0 Å². The molecule has 0 radical (unpaired) electrons. The van der Waals surface area contributed by atoms with Crippen molar-refractivity contribution in [2.24, 2.45) is 5.92 Å². The molecule has 1 heterocycles. The third kappa shape index (κ3) is 5.20. The van der Waals surface area contributed by atoms with Gasteiger partial charge >= 0.3 is 0 Å². The van der Waals surface area contributed by atoms with Crippen molar-refractivity contribution in [3.05, 3.63) is 22.7 Å². The van der Waals surface area contributed by atoms with Crippen molar-refractivity contribution < 1.29 is 0 Å². The molecule has 1 rings (SSSR count). The minimum Gasteiger partial charge on any atom is -0.370 e. The van der Waals surface area contributed by atoms with Crippen molar-refractivity contribution in [2.45, 2.75) is 33.1 Å². The summed E-state index contributed by atoms with van der Waals surface area (Å²) in [5.74, 6) is 1.42. The van der Waals surface area contributed by atoms with Crippen molar-refractivity contribution in [3.63, 3.8) is 0 Å². The molecule has 0 fully saturated rings. The van der Waals surface area contributed by atoms with Crippen LogP contribution in [0.5, 0.6) is 0 Å². The molecular weight excluding hydrogens is 190 g/mol. The first-order valence-corrected chi connectivity index (χ1v) is 5.47. The van der Waals surface area contributed by atoms with Crippen LogP contribution in [0.1, 0.15) is 33.1 Å². The number of H-pyrrole nitrogens is 1. The van der Waals surface area contributed by atoms with E-state index < -0.39 is 0 Å². The van der Waals surface area contributed by atoms with Crippen LogP contribution in [0.3, 0.4) is 0 Å². The molecule has 0 amide bonds. The molecule has 0 aliphatic rings. The van der Waals surface area contributed by atoms with Gasteiger partial charge in [0.2, 0.25) is 0 Å². The highest BCUT2D eigenvalue weighted by Gasteiger charge is 1.95. The van der Waals surface area contributed by atoms with Gasteiger partial charge in [-0.05, 0) is 12.3 Å². The van der Waals surface area contributed by atoms with Crippen molar-refractivity contribution in [2.75, 3.05) is 11.9 Å². The van der Waals surface area contributed by atoms with Crippen molar-refractivity contribution in [1.82, 2.24) is 9.97 Å². The number of hydrogen-bond donors (Lipinski definition) is 2. The molecule has 0 aliphatic heterocycles. The SMILES string of the molecule is CC(C)CCCCNc1cc(=O)[nH]cn1. The van der Waals surface area contributed by atoms with Crippen LogP contribution in [0, 0.1) is 5.92 Å². The smallest absolute Gasteiger partial charge is 0.252 e. The van der Waals surface area contributed by atoms with Crippen LogP contribution in [0.2, 0.25) is 0 Å². The summed E-state index contributed by atoms with van der Waals surface area (Å²) in [7, 11) is 0.